The van der Waals surface area contributed by atoms with E-state index in [0.29, 0.717) is 6.54 Å². The third kappa shape index (κ3) is 2.58. The molecule has 0 spiro atoms. The first-order chi connectivity index (χ1) is 7.78. The highest BCUT2D eigenvalue weighted by Crippen LogP contribution is 2.15. The van der Waals surface area contributed by atoms with Gasteiger partial charge in [-0.05, 0) is 36.8 Å². The van der Waals surface area contributed by atoms with Gasteiger partial charge in [-0.3, -0.25) is 0 Å². The van der Waals surface area contributed by atoms with Gasteiger partial charge in [-0.15, -0.1) is 0 Å². The summed E-state index contributed by atoms with van der Waals surface area (Å²) in [6.45, 7) is 2.55. The van der Waals surface area contributed by atoms with Crippen molar-refractivity contribution in [1.29, 1.82) is 0 Å². The van der Waals surface area contributed by atoms with Gasteiger partial charge in [-0.2, -0.15) is 0 Å². The van der Waals surface area contributed by atoms with Crippen molar-refractivity contribution >= 4 is 11.5 Å². The molecule has 0 atom stereocenters. The van der Waals surface area contributed by atoms with Gasteiger partial charge in [-0.25, -0.2) is 4.98 Å². The van der Waals surface area contributed by atoms with Crippen LogP contribution in [0.4, 0.5) is 11.5 Å². The van der Waals surface area contributed by atoms with Crippen molar-refractivity contribution in [2.75, 3.05) is 5.32 Å². The van der Waals surface area contributed by atoms with Crippen molar-refractivity contribution in [3.05, 3.63) is 53.7 Å². The van der Waals surface area contributed by atoms with Crippen molar-refractivity contribution in [2.24, 2.45) is 5.73 Å². The summed E-state index contributed by atoms with van der Waals surface area (Å²) in [5.41, 5.74) is 8.69. The standard InChI is InChI=1S/C13H15N3/c1-10-3-2-4-13(15-10)16-12-7-5-11(9-14)6-8-12/h2-8H,9,14H2,1H3,(H,15,16). The summed E-state index contributed by atoms with van der Waals surface area (Å²) in [6, 6.07) is 13.9. The van der Waals surface area contributed by atoms with Crippen molar-refractivity contribution in [3.8, 4) is 0 Å². The summed E-state index contributed by atoms with van der Waals surface area (Å²) in [5.74, 6) is 0.862. The number of hydrogen-bond acceptors (Lipinski definition) is 3. The zero-order valence-corrected chi connectivity index (χ0v) is 9.27. The van der Waals surface area contributed by atoms with E-state index in [1.807, 2.05) is 49.4 Å². The molecule has 0 saturated carbocycles. The van der Waals surface area contributed by atoms with Gasteiger partial charge in [-0.1, -0.05) is 18.2 Å². The molecule has 2 rings (SSSR count). The van der Waals surface area contributed by atoms with E-state index in [2.05, 4.69) is 10.3 Å². The molecule has 1 aromatic carbocycles. The van der Waals surface area contributed by atoms with Gasteiger partial charge in [0.2, 0.25) is 0 Å². The van der Waals surface area contributed by atoms with E-state index in [0.717, 1.165) is 22.8 Å². The van der Waals surface area contributed by atoms with E-state index in [9.17, 15) is 0 Å². The molecule has 0 fully saturated rings. The SMILES string of the molecule is Cc1cccc(Nc2ccc(CN)cc2)n1. The van der Waals surface area contributed by atoms with Gasteiger partial charge in [0, 0.05) is 17.9 Å². The van der Waals surface area contributed by atoms with Gasteiger partial charge in [0.15, 0.2) is 0 Å². The van der Waals surface area contributed by atoms with Crippen LogP contribution >= 0.6 is 0 Å². The van der Waals surface area contributed by atoms with Crippen LogP contribution in [0, 0.1) is 6.92 Å². The Morgan fingerprint density at radius 3 is 2.50 bits per heavy atom. The number of nitrogens with zero attached hydrogens (tertiary/aromatic N) is 1. The number of pyridine rings is 1. The van der Waals surface area contributed by atoms with E-state index in [1.54, 1.807) is 0 Å². The number of aromatic nitrogens is 1. The van der Waals surface area contributed by atoms with Gasteiger partial charge in [0.1, 0.15) is 5.82 Å². The predicted molar refractivity (Wildman–Crippen MR) is 66.6 cm³/mol. The molecule has 1 heterocycles. The van der Waals surface area contributed by atoms with Crippen LogP contribution in [0.2, 0.25) is 0 Å². The van der Waals surface area contributed by atoms with Crippen molar-refractivity contribution in [1.82, 2.24) is 4.98 Å². The van der Waals surface area contributed by atoms with Crippen LogP contribution in [0.3, 0.4) is 0 Å². The van der Waals surface area contributed by atoms with Crippen LogP contribution in [0.1, 0.15) is 11.3 Å². The molecule has 0 unspecified atom stereocenters. The molecular formula is C13H15N3. The second-order valence-electron chi connectivity index (χ2n) is 3.69. The molecule has 3 heteroatoms. The monoisotopic (exact) mass is 213 g/mol. The molecule has 0 saturated heterocycles. The smallest absolute Gasteiger partial charge is 0.130 e. The third-order valence-corrected chi connectivity index (χ3v) is 2.35. The Labute approximate surface area is 95.3 Å². The van der Waals surface area contributed by atoms with Crippen LogP contribution in [-0.2, 0) is 6.54 Å². The van der Waals surface area contributed by atoms with Crippen molar-refractivity contribution in [2.45, 2.75) is 13.5 Å². The topological polar surface area (TPSA) is 50.9 Å². The van der Waals surface area contributed by atoms with Gasteiger partial charge in [0.25, 0.3) is 0 Å². The first-order valence-corrected chi connectivity index (χ1v) is 5.27. The van der Waals surface area contributed by atoms with Crippen molar-refractivity contribution < 1.29 is 0 Å². The number of nitrogens with one attached hydrogen (secondary N) is 1. The lowest BCUT2D eigenvalue weighted by atomic mass is 10.2. The van der Waals surface area contributed by atoms with Gasteiger partial charge < -0.3 is 11.1 Å². The highest BCUT2D eigenvalue weighted by Gasteiger charge is 1.96. The molecular weight excluding hydrogens is 198 g/mol. The number of benzene rings is 1. The Morgan fingerprint density at radius 1 is 1.12 bits per heavy atom. The first kappa shape index (κ1) is 10.6. The molecule has 0 amide bonds. The third-order valence-electron chi connectivity index (χ3n) is 2.35. The van der Waals surface area contributed by atoms with E-state index >= 15 is 0 Å². The zero-order chi connectivity index (χ0) is 11.4. The average Bonchev–Trinajstić information content (AvgIpc) is 2.30. The Morgan fingerprint density at radius 2 is 1.88 bits per heavy atom. The van der Waals surface area contributed by atoms with E-state index in [4.69, 9.17) is 5.73 Å². The second-order valence-corrected chi connectivity index (χ2v) is 3.69. The molecule has 2 aromatic rings. The minimum atomic E-state index is 0.572. The molecule has 82 valence electrons. The zero-order valence-electron chi connectivity index (χ0n) is 9.27. The average molecular weight is 213 g/mol. The fraction of sp³-hybridized carbons (Fsp3) is 0.154. The Kier molecular flexibility index (Phi) is 3.17. The second kappa shape index (κ2) is 4.77. The lowest BCUT2D eigenvalue weighted by molar-refractivity contribution is 1.07. The quantitative estimate of drug-likeness (QED) is 0.824. The summed E-state index contributed by atoms with van der Waals surface area (Å²) in [7, 11) is 0. The van der Waals surface area contributed by atoms with Crippen molar-refractivity contribution in [3.63, 3.8) is 0 Å². The molecule has 0 aliphatic rings. The molecule has 16 heavy (non-hydrogen) atoms. The van der Waals surface area contributed by atoms with Crippen LogP contribution in [-0.4, -0.2) is 4.98 Å². The number of anilines is 2. The molecule has 1 aromatic heterocycles. The van der Waals surface area contributed by atoms with Gasteiger partial charge >= 0.3 is 0 Å². The number of hydrogen-bond donors (Lipinski definition) is 2. The van der Waals surface area contributed by atoms with Crippen LogP contribution in [0.25, 0.3) is 0 Å². The number of nitrogens with two attached hydrogens (primary N) is 1. The lowest BCUT2D eigenvalue weighted by Gasteiger charge is -2.06. The summed E-state index contributed by atoms with van der Waals surface area (Å²) < 4.78 is 0. The van der Waals surface area contributed by atoms with E-state index in [1.165, 1.54) is 0 Å². The summed E-state index contributed by atoms with van der Waals surface area (Å²) >= 11 is 0. The predicted octanol–water partition coefficient (Wildman–Crippen LogP) is 2.59. The summed E-state index contributed by atoms with van der Waals surface area (Å²) in [6.07, 6.45) is 0. The Balaban J connectivity index is 2.14. The highest BCUT2D eigenvalue weighted by atomic mass is 15.0. The van der Waals surface area contributed by atoms with Crippen LogP contribution < -0.4 is 11.1 Å². The van der Waals surface area contributed by atoms with E-state index in [-0.39, 0.29) is 0 Å². The maximum absolute atomic E-state index is 5.54. The maximum Gasteiger partial charge on any atom is 0.130 e. The summed E-state index contributed by atoms with van der Waals surface area (Å²) in [4.78, 5) is 4.38. The number of rotatable bonds is 3. The fourth-order valence-electron chi connectivity index (χ4n) is 1.48. The van der Waals surface area contributed by atoms with Crippen LogP contribution in [0.5, 0.6) is 0 Å². The minimum Gasteiger partial charge on any atom is -0.340 e. The normalized spacial score (nSPS) is 10.1. The summed E-state index contributed by atoms with van der Waals surface area (Å²) in [5, 5.41) is 3.24. The maximum atomic E-state index is 5.54. The lowest BCUT2D eigenvalue weighted by Crippen LogP contribution is -1.97. The fourth-order valence-corrected chi connectivity index (χ4v) is 1.48. The van der Waals surface area contributed by atoms with E-state index < -0.39 is 0 Å². The molecule has 0 bridgehead atoms. The number of aryl methyl sites for hydroxylation is 1. The van der Waals surface area contributed by atoms with Crippen LogP contribution in [0.15, 0.2) is 42.5 Å². The first-order valence-electron chi connectivity index (χ1n) is 5.27. The largest absolute Gasteiger partial charge is 0.340 e. The Bertz CT molecular complexity index is 463. The molecule has 3 nitrogen and oxygen atoms in total. The molecule has 0 radical (unpaired) electrons. The Hall–Kier alpha value is -1.87. The van der Waals surface area contributed by atoms with Gasteiger partial charge in [0.05, 0.1) is 0 Å². The molecule has 0 aliphatic carbocycles. The molecule has 3 N–H and O–H groups in total. The minimum absolute atomic E-state index is 0.572. The highest BCUT2D eigenvalue weighted by molar-refractivity contribution is 5.56. The molecule has 0 aliphatic heterocycles.